The summed E-state index contributed by atoms with van der Waals surface area (Å²) < 4.78 is 27.1. The normalized spacial score (nSPS) is 14.4. The van der Waals surface area contributed by atoms with Crippen molar-refractivity contribution in [2.45, 2.75) is 32.7 Å². The number of rotatable bonds is 5. The van der Waals surface area contributed by atoms with Gasteiger partial charge in [-0.3, -0.25) is 0 Å². The molecular weight excluding hydrogens is 232 g/mol. The van der Waals surface area contributed by atoms with Gasteiger partial charge in [-0.25, -0.2) is 0 Å². The molecule has 0 atom stereocenters. The van der Waals surface area contributed by atoms with Crippen molar-refractivity contribution in [1.82, 2.24) is 9.03 Å². The molecule has 0 saturated carbocycles. The molecule has 0 unspecified atom stereocenters. The third-order valence-corrected chi connectivity index (χ3v) is 3.53. The monoisotopic (exact) mass is 252 g/mol. The Kier molecular flexibility index (Phi) is 5.17. The van der Waals surface area contributed by atoms with Gasteiger partial charge in [0.2, 0.25) is 0 Å². The van der Waals surface area contributed by atoms with Gasteiger partial charge in [-0.1, -0.05) is 5.16 Å². The van der Waals surface area contributed by atoms with Crippen molar-refractivity contribution in [3.05, 3.63) is 0 Å². The minimum absolute atomic E-state index is 0.00203. The molecule has 7 nitrogen and oxygen atoms in total. The maximum absolute atomic E-state index is 11.7. The molecular formula is C8H20N4O3S. The fourth-order valence-corrected chi connectivity index (χ4v) is 2.17. The highest BCUT2D eigenvalue weighted by Gasteiger charge is 2.23. The smallest absolute Gasteiger partial charge is 0.279 e. The Labute approximate surface area is 96.5 Å². The SMILES string of the molecule is CN(CCC(N)=NO)S(=O)(=O)NC(C)(C)C. The highest BCUT2D eigenvalue weighted by atomic mass is 32.2. The molecule has 0 aromatic heterocycles. The van der Waals surface area contributed by atoms with Gasteiger partial charge < -0.3 is 10.9 Å². The van der Waals surface area contributed by atoms with Crippen LogP contribution in [0.1, 0.15) is 27.2 Å². The predicted octanol–water partition coefficient (Wildman–Crippen LogP) is -0.312. The van der Waals surface area contributed by atoms with Gasteiger partial charge in [0.05, 0.1) is 0 Å². The molecule has 96 valence electrons. The summed E-state index contributed by atoms with van der Waals surface area (Å²) in [6.45, 7) is 5.41. The third-order valence-electron chi connectivity index (χ3n) is 1.66. The van der Waals surface area contributed by atoms with Gasteiger partial charge in [0, 0.05) is 25.6 Å². The molecule has 0 amide bonds. The maximum atomic E-state index is 11.7. The number of amidine groups is 1. The molecule has 4 N–H and O–H groups in total. The highest BCUT2D eigenvalue weighted by molar-refractivity contribution is 7.87. The van der Waals surface area contributed by atoms with Gasteiger partial charge in [-0.05, 0) is 20.8 Å². The molecule has 0 heterocycles. The van der Waals surface area contributed by atoms with Crippen LogP contribution < -0.4 is 10.5 Å². The Hall–Kier alpha value is -0.860. The molecule has 0 spiro atoms. The molecule has 16 heavy (non-hydrogen) atoms. The summed E-state index contributed by atoms with van der Waals surface area (Å²) in [5, 5.41) is 11.1. The number of hydrogen-bond acceptors (Lipinski definition) is 4. The number of oxime groups is 1. The van der Waals surface area contributed by atoms with Gasteiger partial charge in [0.15, 0.2) is 0 Å². The Morgan fingerprint density at radius 2 is 2.00 bits per heavy atom. The first-order chi connectivity index (χ1) is 7.08. The summed E-state index contributed by atoms with van der Waals surface area (Å²) in [7, 11) is -2.10. The standard InChI is InChI=1S/C8H20N4O3S/c1-8(2,3)11-16(14,15)12(4)6-5-7(9)10-13/h11,13H,5-6H2,1-4H3,(H2,9,10). The quantitative estimate of drug-likeness (QED) is 0.270. The molecule has 0 aliphatic rings. The molecule has 0 saturated heterocycles. The number of nitrogens with zero attached hydrogens (tertiary/aromatic N) is 2. The lowest BCUT2D eigenvalue weighted by Gasteiger charge is -2.25. The molecule has 0 bridgehead atoms. The van der Waals surface area contributed by atoms with Crippen LogP contribution in [-0.4, -0.2) is 42.9 Å². The van der Waals surface area contributed by atoms with E-state index < -0.39 is 15.7 Å². The lowest BCUT2D eigenvalue weighted by Crippen LogP contribution is -2.48. The van der Waals surface area contributed by atoms with Crippen molar-refractivity contribution in [3.63, 3.8) is 0 Å². The van der Waals surface area contributed by atoms with E-state index in [4.69, 9.17) is 10.9 Å². The van der Waals surface area contributed by atoms with Crippen LogP contribution in [0, 0.1) is 0 Å². The summed E-state index contributed by atoms with van der Waals surface area (Å²) in [6.07, 6.45) is 0.179. The van der Waals surface area contributed by atoms with Crippen LogP contribution >= 0.6 is 0 Å². The summed E-state index contributed by atoms with van der Waals surface area (Å²) in [5.41, 5.74) is 4.71. The first-order valence-corrected chi connectivity index (χ1v) is 6.24. The second kappa shape index (κ2) is 5.46. The Balaban J connectivity index is 4.43. The van der Waals surface area contributed by atoms with E-state index in [0.29, 0.717) is 0 Å². The molecule has 0 radical (unpaired) electrons. The predicted molar refractivity (Wildman–Crippen MR) is 62.5 cm³/mol. The Morgan fingerprint density at radius 3 is 2.38 bits per heavy atom. The van der Waals surface area contributed by atoms with Gasteiger partial charge in [0.25, 0.3) is 10.2 Å². The van der Waals surface area contributed by atoms with Crippen LogP contribution in [-0.2, 0) is 10.2 Å². The van der Waals surface area contributed by atoms with Crippen molar-refractivity contribution in [3.8, 4) is 0 Å². The van der Waals surface area contributed by atoms with Gasteiger partial charge >= 0.3 is 0 Å². The van der Waals surface area contributed by atoms with Crippen molar-refractivity contribution in [2.75, 3.05) is 13.6 Å². The molecule has 0 rings (SSSR count). The van der Waals surface area contributed by atoms with Crippen molar-refractivity contribution < 1.29 is 13.6 Å². The Morgan fingerprint density at radius 1 is 1.50 bits per heavy atom. The van der Waals surface area contributed by atoms with E-state index in [-0.39, 0.29) is 18.8 Å². The van der Waals surface area contributed by atoms with Crippen LogP contribution in [0.2, 0.25) is 0 Å². The second-order valence-corrected chi connectivity index (χ2v) is 6.30. The summed E-state index contributed by atoms with van der Waals surface area (Å²) in [6, 6.07) is 0. The van der Waals surface area contributed by atoms with Gasteiger partial charge in [-0.15, -0.1) is 0 Å². The number of nitrogens with two attached hydrogens (primary N) is 1. The van der Waals surface area contributed by atoms with Crippen LogP contribution in [0.25, 0.3) is 0 Å². The van der Waals surface area contributed by atoms with Crippen molar-refractivity contribution >= 4 is 16.0 Å². The number of nitrogens with one attached hydrogen (secondary N) is 1. The maximum Gasteiger partial charge on any atom is 0.279 e. The number of hydrogen-bond donors (Lipinski definition) is 3. The van der Waals surface area contributed by atoms with E-state index in [1.54, 1.807) is 20.8 Å². The van der Waals surface area contributed by atoms with E-state index in [1.165, 1.54) is 7.05 Å². The van der Waals surface area contributed by atoms with E-state index in [9.17, 15) is 8.42 Å². The lowest BCUT2D eigenvalue weighted by molar-refractivity contribution is 0.316. The van der Waals surface area contributed by atoms with E-state index >= 15 is 0 Å². The average Bonchev–Trinajstić information content (AvgIpc) is 2.09. The van der Waals surface area contributed by atoms with Crippen LogP contribution in [0.15, 0.2) is 5.16 Å². The van der Waals surface area contributed by atoms with Gasteiger partial charge in [-0.2, -0.15) is 17.4 Å². The topological polar surface area (TPSA) is 108 Å². The van der Waals surface area contributed by atoms with Crippen molar-refractivity contribution in [2.24, 2.45) is 10.9 Å². The molecule has 8 heteroatoms. The van der Waals surface area contributed by atoms with Crippen LogP contribution in [0.4, 0.5) is 0 Å². The van der Waals surface area contributed by atoms with Crippen molar-refractivity contribution in [1.29, 1.82) is 0 Å². The fraction of sp³-hybridized carbons (Fsp3) is 0.875. The largest absolute Gasteiger partial charge is 0.409 e. The van der Waals surface area contributed by atoms with E-state index in [1.807, 2.05) is 0 Å². The minimum Gasteiger partial charge on any atom is -0.409 e. The molecule has 0 aromatic rings. The van der Waals surface area contributed by atoms with Gasteiger partial charge in [0.1, 0.15) is 5.84 Å². The van der Waals surface area contributed by atoms with Crippen LogP contribution in [0.5, 0.6) is 0 Å². The van der Waals surface area contributed by atoms with Crippen LogP contribution in [0.3, 0.4) is 0 Å². The zero-order valence-corrected chi connectivity index (χ0v) is 10.9. The van der Waals surface area contributed by atoms with E-state index in [2.05, 4.69) is 9.88 Å². The first-order valence-electron chi connectivity index (χ1n) is 4.80. The highest BCUT2D eigenvalue weighted by Crippen LogP contribution is 2.05. The molecule has 0 fully saturated rings. The summed E-state index contributed by atoms with van der Waals surface area (Å²) in [5.74, 6) is -0.00203. The average molecular weight is 252 g/mol. The first kappa shape index (κ1) is 15.1. The zero-order valence-electron chi connectivity index (χ0n) is 10.1. The van der Waals surface area contributed by atoms with E-state index in [0.717, 1.165) is 4.31 Å². The Bertz CT molecular complexity index is 345. The third kappa shape index (κ3) is 5.89. The lowest BCUT2D eigenvalue weighted by atomic mass is 10.1. The second-order valence-electron chi connectivity index (χ2n) is 4.52. The molecule has 0 aliphatic carbocycles. The molecule has 0 aromatic carbocycles. The minimum atomic E-state index is -3.53. The zero-order chi connectivity index (χ0) is 13.0. The summed E-state index contributed by atoms with van der Waals surface area (Å²) in [4.78, 5) is 0. The fourth-order valence-electron chi connectivity index (χ4n) is 0.907. The molecule has 0 aliphatic heterocycles. The summed E-state index contributed by atoms with van der Waals surface area (Å²) >= 11 is 0.